The first-order chi connectivity index (χ1) is 8.22. The Balaban J connectivity index is 2.32. The summed E-state index contributed by atoms with van der Waals surface area (Å²) in [5, 5.41) is 20.0. The van der Waals surface area contributed by atoms with Gasteiger partial charge in [-0.15, -0.1) is 0 Å². The Hall–Kier alpha value is -2.57. The zero-order chi connectivity index (χ0) is 12.3. The Morgan fingerprint density at radius 2 is 1.94 bits per heavy atom. The average molecular weight is 241 g/mol. The van der Waals surface area contributed by atoms with Gasteiger partial charge in [0.15, 0.2) is 4.77 Å². The molecular weight excluding hydrogens is 234 g/mol. The molecule has 0 saturated carbocycles. The Morgan fingerprint density at radius 1 is 1.24 bits per heavy atom. The molecule has 0 saturated heterocycles. The van der Waals surface area contributed by atoms with Crippen LogP contribution >= 0.6 is 12.2 Å². The maximum absolute atomic E-state index is 8.57. The van der Waals surface area contributed by atoms with Crippen LogP contribution < -0.4 is 5.32 Å². The van der Waals surface area contributed by atoms with Gasteiger partial charge in [-0.1, -0.05) is 0 Å². The van der Waals surface area contributed by atoms with Crippen molar-refractivity contribution in [2.45, 2.75) is 0 Å². The zero-order valence-corrected chi connectivity index (χ0v) is 9.43. The number of aromatic amines is 2. The standard InChI is InChI=1S/C11H7N5S/c12-4-7(5-13)6-14-8-1-2-9-10(3-8)16-11(17)15-9/h1-3,6,14H,(H2,15,16,17). The molecule has 2 aromatic rings. The van der Waals surface area contributed by atoms with Crippen molar-refractivity contribution in [3.05, 3.63) is 34.7 Å². The smallest absolute Gasteiger partial charge is 0.175 e. The minimum Gasteiger partial charge on any atom is -0.360 e. The van der Waals surface area contributed by atoms with Gasteiger partial charge >= 0.3 is 0 Å². The van der Waals surface area contributed by atoms with Crippen LogP contribution in [0.5, 0.6) is 0 Å². The van der Waals surface area contributed by atoms with E-state index in [9.17, 15) is 0 Å². The van der Waals surface area contributed by atoms with Crippen LogP contribution in [0.2, 0.25) is 0 Å². The van der Waals surface area contributed by atoms with E-state index in [1.165, 1.54) is 6.20 Å². The predicted molar refractivity (Wildman–Crippen MR) is 66.4 cm³/mol. The number of anilines is 1. The summed E-state index contributed by atoms with van der Waals surface area (Å²) in [7, 11) is 0. The first-order valence-corrected chi connectivity index (χ1v) is 5.12. The fourth-order valence-electron chi connectivity index (χ4n) is 1.37. The Labute approximate surface area is 102 Å². The van der Waals surface area contributed by atoms with Crippen LogP contribution in [0.3, 0.4) is 0 Å². The van der Waals surface area contributed by atoms with Crippen LogP contribution in [0, 0.1) is 27.4 Å². The summed E-state index contributed by atoms with van der Waals surface area (Å²) in [5.41, 5.74) is 2.56. The molecule has 1 heterocycles. The molecule has 82 valence electrons. The molecular formula is C11H7N5S. The lowest BCUT2D eigenvalue weighted by atomic mass is 10.2. The van der Waals surface area contributed by atoms with E-state index < -0.39 is 0 Å². The highest BCUT2D eigenvalue weighted by atomic mass is 32.1. The Bertz CT molecular complexity index is 707. The quantitative estimate of drug-likeness (QED) is 0.556. The summed E-state index contributed by atoms with van der Waals surface area (Å²) in [5.74, 6) is 0. The maximum atomic E-state index is 8.57. The fraction of sp³-hybridized carbons (Fsp3) is 0. The number of allylic oxidation sites excluding steroid dienone is 1. The number of hydrogen-bond acceptors (Lipinski definition) is 4. The lowest BCUT2D eigenvalue weighted by Gasteiger charge is -1.99. The van der Waals surface area contributed by atoms with E-state index in [-0.39, 0.29) is 5.57 Å². The molecule has 2 rings (SSSR count). The van der Waals surface area contributed by atoms with Gasteiger partial charge in [-0.2, -0.15) is 10.5 Å². The first kappa shape index (κ1) is 10.9. The number of H-pyrrole nitrogens is 2. The molecule has 0 unspecified atom stereocenters. The molecule has 0 aliphatic heterocycles. The van der Waals surface area contributed by atoms with E-state index in [0.29, 0.717) is 4.77 Å². The van der Waals surface area contributed by atoms with Gasteiger partial charge in [0.1, 0.15) is 17.7 Å². The third-order valence-electron chi connectivity index (χ3n) is 2.14. The summed E-state index contributed by atoms with van der Waals surface area (Å²) in [6.07, 6.45) is 1.36. The third-order valence-corrected chi connectivity index (χ3v) is 2.34. The summed E-state index contributed by atoms with van der Waals surface area (Å²) in [6.45, 7) is 0. The number of nitrogens with zero attached hydrogens (tertiary/aromatic N) is 2. The second-order valence-electron chi connectivity index (χ2n) is 3.27. The number of nitriles is 2. The van der Waals surface area contributed by atoms with Gasteiger partial charge in [-0.25, -0.2) is 0 Å². The lowest BCUT2D eigenvalue weighted by Crippen LogP contribution is -1.89. The van der Waals surface area contributed by atoms with Gasteiger partial charge in [0.05, 0.1) is 11.0 Å². The van der Waals surface area contributed by atoms with Crippen LogP contribution in [0.25, 0.3) is 11.0 Å². The van der Waals surface area contributed by atoms with Crippen LogP contribution in [0.15, 0.2) is 30.0 Å². The van der Waals surface area contributed by atoms with Gasteiger partial charge in [-0.3, -0.25) is 0 Å². The molecule has 1 aromatic heterocycles. The number of hydrogen-bond donors (Lipinski definition) is 3. The minimum absolute atomic E-state index is 0.0205. The number of fused-ring (bicyclic) bond motifs is 1. The second kappa shape index (κ2) is 4.52. The number of aromatic nitrogens is 2. The molecule has 0 atom stereocenters. The molecule has 6 heteroatoms. The number of imidazole rings is 1. The minimum atomic E-state index is 0.0205. The molecule has 17 heavy (non-hydrogen) atoms. The van der Waals surface area contributed by atoms with Gasteiger partial charge < -0.3 is 15.3 Å². The normalized spacial score (nSPS) is 9.29. The number of benzene rings is 1. The predicted octanol–water partition coefficient (Wildman–Crippen LogP) is 2.57. The van der Waals surface area contributed by atoms with E-state index in [1.54, 1.807) is 12.1 Å². The Morgan fingerprint density at radius 3 is 2.65 bits per heavy atom. The van der Waals surface area contributed by atoms with Gasteiger partial charge in [0.2, 0.25) is 0 Å². The molecule has 5 nitrogen and oxygen atoms in total. The largest absolute Gasteiger partial charge is 0.360 e. The summed E-state index contributed by atoms with van der Waals surface area (Å²) in [6, 6.07) is 9.06. The molecule has 0 bridgehead atoms. The highest BCUT2D eigenvalue weighted by Gasteiger charge is 1.98. The second-order valence-corrected chi connectivity index (χ2v) is 3.67. The van der Waals surface area contributed by atoms with Gasteiger partial charge in [0.25, 0.3) is 0 Å². The van der Waals surface area contributed by atoms with Crippen molar-refractivity contribution >= 4 is 28.9 Å². The van der Waals surface area contributed by atoms with E-state index in [2.05, 4.69) is 15.3 Å². The average Bonchev–Trinajstić information content (AvgIpc) is 2.69. The number of nitrogens with one attached hydrogen (secondary N) is 3. The van der Waals surface area contributed by atoms with E-state index in [4.69, 9.17) is 22.7 Å². The summed E-state index contributed by atoms with van der Waals surface area (Å²) in [4.78, 5) is 5.97. The maximum Gasteiger partial charge on any atom is 0.175 e. The van der Waals surface area contributed by atoms with Crippen molar-refractivity contribution < 1.29 is 0 Å². The topological polar surface area (TPSA) is 91.2 Å². The van der Waals surface area contributed by atoms with Crippen molar-refractivity contribution in [1.29, 1.82) is 10.5 Å². The molecule has 0 spiro atoms. The molecule has 0 fully saturated rings. The van der Waals surface area contributed by atoms with Crippen molar-refractivity contribution in [1.82, 2.24) is 9.97 Å². The van der Waals surface area contributed by atoms with Crippen molar-refractivity contribution in [3.63, 3.8) is 0 Å². The fourth-order valence-corrected chi connectivity index (χ4v) is 1.59. The van der Waals surface area contributed by atoms with Crippen LogP contribution in [-0.4, -0.2) is 9.97 Å². The molecule has 0 aliphatic rings. The van der Waals surface area contributed by atoms with Crippen LogP contribution in [-0.2, 0) is 0 Å². The Kier molecular flexibility index (Phi) is 2.91. The summed E-state index contributed by atoms with van der Waals surface area (Å²) < 4.78 is 0.558. The molecule has 0 radical (unpaired) electrons. The monoisotopic (exact) mass is 241 g/mol. The SMILES string of the molecule is N#CC(C#N)=CNc1ccc2[nH]c(=S)[nH]c2c1. The molecule has 0 aliphatic carbocycles. The highest BCUT2D eigenvalue weighted by molar-refractivity contribution is 7.71. The zero-order valence-electron chi connectivity index (χ0n) is 8.61. The van der Waals surface area contributed by atoms with E-state index >= 15 is 0 Å². The van der Waals surface area contributed by atoms with Gasteiger partial charge in [-0.05, 0) is 30.4 Å². The number of rotatable bonds is 2. The molecule has 0 amide bonds. The van der Waals surface area contributed by atoms with E-state index in [1.807, 2.05) is 18.2 Å². The van der Waals surface area contributed by atoms with E-state index in [0.717, 1.165) is 16.7 Å². The van der Waals surface area contributed by atoms with Crippen molar-refractivity contribution in [3.8, 4) is 12.1 Å². The molecule has 1 aromatic carbocycles. The highest BCUT2D eigenvalue weighted by Crippen LogP contribution is 2.16. The van der Waals surface area contributed by atoms with Crippen LogP contribution in [0.4, 0.5) is 5.69 Å². The molecule has 3 N–H and O–H groups in total. The lowest BCUT2D eigenvalue weighted by molar-refractivity contribution is 1.30. The van der Waals surface area contributed by atoms with Gasteiger partial charge in [0, 0.05) is 11.9 Å². The third kappa shape index (κ3) is 2.33. The first-order valence-electron chi connectivity index (χ1n) is 4.72. The van der Waals surface area contributed by atoms with Crippen molar-refractivity contribution in [2.24, 2.45) is 0 Å². The van der Waals surface area contributed by atoms with Crippen LogP contribution in [0.1, 0.15) is 0 Å². The summed E-state index contributed by atoms with van der Waals surface area (Å²) >= 11 is 4.97. The van der Waals surface area contributed by atoms with Crippen molar-refractivity contribution in [2.75, 3.05) is 5.32 Å².